The van der Waals surface area contributed by atoms with Crippen LogP contribution in [0.25, 0.3) is 0 Å². The predicted octanol–water partition coefficient (Wildman–Crippen LogP) is 2.44. The molecule has 0 spiro atoms. The minimum atomic E-state index is -0.0591. The number of hydrogen-bond acceptors (Lipinski definition) is 3. The second-order valence-corrected chi connectivity index (χ2v) is 4.26. The van der Waals surface area contributed by atoms with Gasteiger partial charge in [-0.15, -0.1) is 0 Å². The van der Waals surface area contributed by atoms with E-state index in [2.05, 4.69) is 0 Å². The first-order chi connectivity index (χ1) is 8.59. The minimum absolute atomic E-state index is 0.0591. The number of furan rings is 1. The number of benzene rings is 1. The molecule has 0 aliphatic heterocycles. The topological polar surface area (TPSA) is 59.5 Å². The summed E-state index contributed by atoms with van der Waals surface area (Å²) in [6, 6.07) is 9.01. The van der Waals surface area contributed by atoms with Crippen LogP contribution >= 0.6 is 0 Å². The number of hydrogen-bond donors (Lipinski definition) is 1. The largest absolute Gasteiger partial charge is 0.467 e. The highest BCUT2D eigenvalue weighted by atomic mass is 16.3. The lowest BCUT2D eigenvalue weighted by Crippen LogP contribution is -2.26. The summed E-state index contributed by atoms with van der Waals surface area (Å²) in [5.74, 6) is 0.698. The van der Waals surface area contributed by atoms with Gasteiger partial charge in [0.2, 0.25) is 0 Å². The zero-order valence-corrected chi connectivity index (χ0v) is 10.5. The van der Waals surface area contributed by atoms with Gasteiger partial charge in [-0.05, 0) is 36.8 Å². The molecule has 0 aliphatic carbocycles. The third-order valence-electron chi connectivity index (χ3n) is 2.93. The first-order valence-electron chi connectivity index (χ1n) is 5.72. The zero-order valence-electron chi connectivity index (χ0n) is 10.5. The third kappa shape index (κ3) is 2.37. The number of carbonyl (C=O) groups is 1. The molecule has 0 saturated heterocycles. The molecule has 0 unspecified atom stereocenters. The molecule has 1 heterocycles. The van der Waals surface area contributed by atoms with Crippen molar-refractivity contribution in [1.29, 1.82) is 0 Å². The summed E-state index contributed by atoms with van der Waals surface area (Å²) < 4.78 is 5.23. The second kappa shape index (κ2) is 4.96. The molecular formula is C14H16N2O2. The van der Waals surface area contributed by atoms with E-state index in [0.717, 1.165) is 11.3 Å². The Labute approximate surface area is 106 Å². The van der Waals surface area contributed by atoms with Crippen LogP contribution in [0.1, 0.15) is 21.7 Å². The summed E-state index contributed by atoms with van der Waals surface area (Å²) >= 11 is 0. The van der Waals surface area contributed by atoms with Gasteiger partial charge < -0.3 is 15.1 Å². The van der Waals surface area contributed by atoms with Crippen molar-refractivity contribution >= 4 is 11.6 Å². The Morgan fingerprint density at radius 1 is 1.33 bits per heavy atom. The molecule has 0 saturated carbocycles. The molecule has 4 nitrogen and oxygen atoms in total. The number of nitrogen functional groups attached to an aromatic ring is 1. The molecule has 0 fully saturated rings. The number of anilines is 1. The van der Waals surface area contributed by atoms with E-state index in [9.17, 15) is 4.79 Å². The highest BCUT2D eigenvalue weighted by Crippen LogP contribution is 2.17. The van der Waals surface area contributed by atoms with E-state index in [0.29, 0.717) is 17.8 Å². The Morgan fingerprint density at radius 2 is 2.11 bits per heavy atom. The Balaban J connectivity index is 2.18. The first-order valence-corrected chi connectivity index (χ1v) is 5.72. The lowest BCUT2D eigenvalue weighted by atomic mass is 10.1. The van der Waals surface area contributed by atoms with Crippen molar-refractivity contribution in [3.05, 3.63) is 53.5 Å². The summed E-state index contributed by atoms with van der Waals surface area (Å²) in [7, 11) is 1.74. The smallest absolute Gasteiger partial charge is 0.254 e. The van der Waals surface area contributed by atoms with Gasteiger partial charge in [0.15, 0.2) is 0 Å². The van der Waals surface area contributed by atoms with Crippen LogP contribution in [0, 0.1) is 6.92 Å². The molecule has 1 aromatic heterocycles. The maximum atomic E-state index is 12.3. The van der Waals surface area contributed by atoms with Gasteiger partial charge in [0, 0.05) is 18.3 Å². The molecule has 0 bridgehead atoms. The quantitative estimate of drug-likeness (QED) is 0.844. The van der Waals surface area contributed by atoms with Crippen molar-refractivity contribution in [2.45, 2.75) is 13.5 Å². The van der Waals surface area contributed by atoms with Crippen LogP contribution in [0.2, 0.25) is 0 Å². The Kier molecular flexibility index (Phi) is 3.37. The maximum Gasteiger partial charge on any atom is 0.254 e. The Bertz CT molecular complexity index is 547. The third-order valence-corrected chi connectivity index (χ3v) is 2.93. The van der Waals surface area contributed by atoms with Crippen LogP contribution < -0.4 is 5.73 Å². The number of nitrogens with two attached hydrogens (primary N) is 1. The maximum absolute atomic E-state index is 12.3. The summed E-state index contributed by atoms with van der Waals surface area (Å²) in [5.41, 5.74) is 7.88. The molecule has 2 aromatic rings. The van der Waals surface area contributed by atoms with Gasteiger partial charge in [0.1, 0.15) is 5.76 Å². The molecule has 1 aromatic carbocycles. The van der Waals surface area contributed by atoms with Crippen molar-refractivity contribution in [2.75, 3.05) is 12.8 Å². The Morgan fingerprint density at radius 3 is 2.78 bits per heavy atom. The van der Waals surface area contributed by atoms with E-state index in [1.807, 2.05) is 13.0 Å². The predicted molar refractivity (Wildman–Crippen MR) is 70.1 cm³/mol. The molecule has 18 heavy (non-hydrogen) atoms. The van der Waals surface area contributed by atoms with Crippen molar-refractivity contribution in [3.63, 3.8) is 0 Å². The minimum Gasteiger partial charge on any atom is -0.467 e. The number of nitrogens with zero attached hydrogens (tertiary/aromatic N) is 1. The molecule has 0 atom stereocenters. The fraction of sp³-hybridized carbons (Fsp3) is 0.214. The SMILES string of the molecule is Cc1c(N)cccc1C(=O)N(C)Cc1ccco1. The van der Waals surface area contributed by atoms with Crippen molar-refractivity contribution < 1.29 is 9.21 Å². The molecule has 2 N–H and O–H groups in total. The normalized spacial score (nSPS) is 10.3. The van der Waals surface area contributed by atoms with Crippen molar-refractivity contribution in [1.82, 2.24) is 4.90 Å². The molecule has 1 amide bonds. The van der Waals surface area contributed by atoms with Crippen LogP contribution in [0.4, 0.5) is 5.69 Å². The monoisotopic (exact) mass is 244 g/mol. The van der Waals surface area contributed by atoms with Crippen molar-refractivity contribution in [3.8, 4) is 0 Å². The van der Waals surface area contributed by atoms with E-state index < -0.39 is 0 Å². The molecule has 2 rings (SSSR count). The highest BCUT2D eigenvalue weighted by Gasteiger charge is 2.16. The summed E-state index contributed by atoms with van der Waals surface area (Å²) in [6.45, 7) is 2.30. The van der Waals surface area contributed by atoms with Crippen molar-refractivity contribution in [2.24, 2.45) is 0 Å². The molecule has 0 radical (unpaired) electrons. The van der Waals surface area contributed by atoms with Crippen LogP contribution in [-0.4, -0.2) is 17.9 Å². The lowest BCUT2D eigenvalue weighted by molar-refractivity contribution is 0.0775. The standard InChI is InChI=1S/C14H16N2O2/c1-10-12(6-3-7-13(10)15)14(17)16(2)9-11-5-4-8-18-11/h3-8H,9,15H2,1-2H3. The number of amides is 1. The van der Waals surface area contributed by atoms with E-state index in [1.54, 1.807) is 42.5 Å². The van der Waals surface area contributed by atoms with E-state index in [-0.39, 0.29) is 5.91 Å². The lowest BCUT2D eigenvalue weighted by Gasteiger charge is -2.17. The molecule has 94 valence electrons. The molecule has 0 aliphatic rings. The van der Waals surface area contributed by atoms with Gasteiger partial charge in [-0.2, -0.15) is 0 Å². The summed E-state index contributed by atoms with van der Waals surface area (Å²) in [6.07, 6.45) is 1.60. The number of carbonyl (C=O) groups excluding carboxylic acids is 1. The van der Waals surface area contributed by atoms with Crippen LogP contribution in [0.5, 0.6) is 0 Å². The van der Waals surface area contributed by atoms with E-state index in [4.69, 9.17) is 10.2 Å². The van der Waals surface area contributed by atoms with Crippen LogP contribution in [0.3, 0.4) is 0 Å². The van der Waals surface area contributed by atoms with Gasteiger partial charge >= 0.3 is 0 Å². The van der Waals surface area contributed by atoms with Crippen LogP contribution in [-0.2, 0) is 6.54 Å². The first kappa shape index (κ1) is 12.2. The van der Waals surface area contributed by atoms with E-state index >= 15 is 0 Å². The van der Waals surface area contributed by atoms with Gasteiger partial charge in [0.25, 0.3) is 5.91 Å². The Hall–Kier alpha value is -2.23. The average molecular weight is 244 g/mol. The van der Waals surface area contributed by atoms with Gasteiger partial charge in [-0.3, -0.25) is 4.79 Å². The summed E-state index contributed by atoms with van der Waals surface area (Å²) in [5, 5.41) is 0. The van der Waals surface area contributed by atoms with Crippen LogP contribution in [0.15, 0.2) is 41.0 Å². The summed E-state index contributed by atoms with van der Waals surface area (Å²) in [4.78, 5) is 13.9. The highest BCUT2D eigenvalue weighted by molar-refractivity contribution is 5.96. The van der Waals surface area contributed by atoms with Gasteiger partial charge in [-0.1, -0.05) is 6.07 Å². The fourth-order valence-electron chi connectivity index (χ4n) is 1.80. The van der Waals surface area contributed by atoms with Gasteiger partial charge in [0.05, 0.1) is 12.8 Å². The molecular weight excluding hydrogens is 228 g/mol. The average Bonchev–Trinajstić information content (AvgIpc) is 2.84. The fourth-order valence-corrected chi connectivity index (χ4v) is 1.80. The zero-order chi connectivity index (χ0) is 13.1. The van der Waals surface area contributed by atoms with E-state index in [1.165, 1.54) is 0 Å². The van der Waals surface area contributed by atoms with Gasteiger partial charge in [-0.25, -0.2) is 0 Å². The second-order valence-electron chi connectivity index (χ2n) is 4.26. The number of rotatable bonds is 3. The molecule has 4 heteroatoms.